The van der Waals surface area contributed by atoms with Crippen molar-refractivity contribution in [3.63, 3.8) is 0 Å². The van der Waals surface area contributed by atoms with Gasteiger partial charge in [-0.25, -0.2) is 0 Å². The number of nitrogens with zero attached hydrogens (tertiary/aromatic N) is 4. The third kappa shape index (κ3) is 4.61. The highest BCUT2D eigenvalue weighted by Crippen LogP contribution is 2.36. The Balaban J connectivity index is 2.22. The highest BCUT2D eigenvalue weighted by atomic mass is 35.5. The van der Waals surface area contributed by atoms with Gasteiger partial charge in [-0.1, -0.05) is 23.7 Å². The fourth-order valence-electron chi connectivity index (χ4n) is 3.55. The van der Waals surface area contributed by atoms with E-state index >= 15 is 0 Å². The highest BCUT2D eigenvalue weighted by molar-refractivity contribution is 6.30. The van der Waals surface area contributed by atoms with Gasteiger partial charge in [0, 0.05) is 45.8 Å². The van der Waals surface area contributed by atoms with Gasteiger partial charge in [0.1, 0.15) is 0 Å². The molecule has 0 amide bonds. The van der Waals surface area contributed by atoms with Gasteiger partial charge in [-0.05, 0) is 50.0 Å². The van der Waals surface area contributed by atoms with Gasteiger partial charge < -0.3 is 9.80 Å². The van der Waals surface area contributed by atoms with Crippen LogP contribution in [0.2, 0.25) is 5.02 Å². The number of benzene rings is 1. The fourth-order valence-corrected chi connectivity index (χ4v) is 3.75. The standard InChI is InChI=1S/C18H29ClN4/c1-21(2)18(22(3)4)20-13-15-9-7-11-23(5)17(15)14-8-6-10-16(19)12-14/h6,8,10,12,15,17H,7,9,11,13H2,1-5H3. The molecule has 2 atom stereocenters. The van der Waals surface area contributed by atoms with E-state index in [9.17, 15) is 0 Å². The first kappa shape index (κ1) is 18.1. The molecule has 0 aromatic heterocycles. The Morgan fingerprint density at radius 1 is 1.26 bits per heavy atom. The van der Waals surface area contributed by atoms with Crippen LogP contribution < -0.4 is 0 Å². The zero-order valence-electron chi connectivity index (χ0n) is 15.0. The molecule has 1 heterocycles. The van der Waals surface area contributed by atoms with Crippen LogP contribution in [0.3, 0.4) is 0 Å². The van der Waals surface area contributed by atoms with E-state index < -0.39 is 0 Å². The van der Waals surface area contributed by atoms with E-state index in [1.54, 1.807) is 0 Å². The minimum atomic E-state index is 0.386. The molecule has 2 unspecified atom stereocenters. The van der Waals surface area contributed by atoms with Gasteiger partial charge in [-0.3, -0.25) is 9.89 Å². The zero-order valence-corrected chi connectivity index (χ0v) is 15.7. The Bertz CT molecular complexity index is 532. The maximum atomic E-state index is 6.21. The molecule has 128 valence electrons. The molecule has 1 aliphatic heterocycles. The average Bonchev–Trinajstić information content (AvgIpc) is 2.46. The molecule has 0 bridgehead atoms. The lowest BCUT2D eigenvalue weighted by atomic mass is 9.85. The van der Waals surface area contributed by atoms with Crippen LogP contribution in [-0.2, 0) is 0 Å². The predicted octanol–water partition coefficient (Wildman–Crippen LogP) is 3.20. The Labute approximate surface area is 145 Å². The van der Waals surface area contributed by atoms with Crippen LogP contribution in [0.1, 0.15) is 24.4 Å². The molecule has 1 fully saturated rings. The molecule has 5 heteroatoms. The normalized spacial score (nSPS) is 21.8. The molecule has 1 aromatic rings. The second kappa shape index (κ2) is 8.02. The Morgan fingerprint density at radius 2 is 1.96 bits per heavy atom. The van der Waals surface area contributed by atoms with Crippen LogP contribution in [0.4, 0.5) is 0 Å². The lowest BCUT2D eigenvalue weighted by Gasteiger charge is -2.39. The van der Waals surface area contributed by atoms with Gasteiger partial charge in [0.05, 0.1) is 0 Å². The minimum Gasteiger partial charge on any atom is -0.349 e. The summed E-state index contributed by atoms with van der Waals surface area (Å²) >= 11 is 6.21. The SMILES string of the molecule is CN(C)C(=NCC1CCCN(C)C1c1cccc(Cl)c1)N(C)C. The predicted molar refractivity (Wildman–Crippen MR) is 99.2 cm³/mol. The number of piperidine rings is 1. The Hall–Kier alpha value is -1.26. The molecule has 0 spiro atoms. The Morgan fingerprint density at radius 3 is 2.57 bits per heavy atom. The van der Waals surface area contributed by atoms with E-state index in [-0.39, 0.29) is 0 Å². The maximum Gasteiger partial charge on any atom is 0.195 e. The maximum absolute atomic E-state index is 6.21. The molecule has 0 aliphatic carbocycles. The summed E-state index contributed by atoms with van der Waals surface area (Å²) < 4.78 is 0. The summed E-state index contributed by atoms with van der Waals surface area (Å²) in [5.74, 6) is 1.53. The summed E-state index contributed by atoms with van der Waals surface area (Å²) in [5.41, 5.74) is 1.30. The largest absolute Gasteiger partial charge is 0.349 e. The van der Waals surface area contributed by atoms with Gasteiger partial charge >= 0.3 is 0 Å². The lowest BCUT2D eigenvalue weighted by molar-refractivity contribution is 0.125. The number of hydrogen-bond acceptors (Lipinski definition) is 2. The van der Waals surface area contributed by atoms with Crippen LogP contribution in [0.25, 0.3) is 0 Å². The average molecular weight is 337 g/mol. The van der Waals surface area contributed by atoms with E-state index in [2.05, 4.69) is 33.9 Å². The summed E-state index contributed by atoms with van der Waals surface area (Å²) in [4.78, 5) is 11.5. The number of likely N-dealkylation sites (tertiary alicyclic amines) is 1. The summed E-state index contributed by atoms with van der Waals surface area (Å²) in [7, 11) is 10.4. The van der Waals surface area contributed by atoms with Crippen LogP contribution in [0, 0.1) is 5.92 Å². The fraction of sp³-hybridized carbons (Fsp3) is 0.611. The molecule has 1 aliphatic rings. The van der Waals surface area contributed by atoms with Crippen LogP contribution >= 0.6 is 11.6 Å². The molecule has 1 aromatic carbocycles. The summed E-state index contributed by atoms with van der Waals surface area (Å²) in [6.07, 6.45) is 2.44. The molecule has 0 N–H and O–H groups in total. The molecule has 2 rings (SSSR count). The van der Waals surface area contributed by atoms with Crippen LogP contribution in [0.5, 0.6) is 0 Å². The molecular weight excluding hydrogens is 308 g/mol. The summed E-state index contributed by atoms with van der Waals surface area (Å²) in [6.45, 7) is 1.97. The lowest BCUT2D eigenvalue weighted by Crippen LogP contribution is -2.39. The van der Waals surface area contributed by atoms with E-state index in [0.29, 0.717) is 12.0 Å². The van der Waals surface area contributed by atoms with Crippen molar-refractivity contribution in [3.8, 4) is 0 Å². The van der Waals surface area contributed by atoms with Gasteiger partial charge in [0.15, 0.2) is 5.96 Å². The minimum absolute atomic E-state index is 0.386. The monoisotopic (exact) mass is 336 g/mol. The topological polar surface area (TPSA) is 22.1 Å². The van der Waals surface area contributed by atoms with Gasteiger partial charge in [-0.15, -0.1) is 0 Å². The van der Waals surface area contributed by atoms with Gasteiger partial charge in [0.25, 0.3) is 0 Å². The van der Waals surface area contributed by atoms with Gasteiger partial charge in [0.2, 0.25) is 0 Å². The van der Waals surface area contributed by atoms with E-state index in [1.165, 1.54) is 18.4 Å². The smallest absolute Gasteiger partial charge is 0.195 e. The second-order valence-electron chi connectivity index (χ2n) is 6.81. The zero-order chi connectivity index (χ0) is 17.0. The van der Waals surface area contributed by atoms with Crippen molar-refractivity contribution in [2.45, 2.75) is 18.9 Å². The van der Waals surface area contributed by atoms with Crippen molar-refractivity contribution in [2.24, 2.45) is 10.9 Å². The van der Waals surface area contributed by atoms with Crippen LogP contribution in [0.15, 0.2) is 29.3 Å². The number of halogens is 1. The van der Waals surface area contributed by atoms with E-state index in [4.69, 9.17) is 16.6 Å². The van der Waals surface area contributed by atoms with Crippen molar-refractivity contribution in [2.75, 3.05) is 48.3 Å². The number of hydrogen-bond donors (Lipinski definition) is 0. The second-order valence-corrected chi connectivity index (χ2v) is 7.25. The quantitative estimate of drug-likeness (QED) is 0.625. The van der Waals surface area contributed by atoms with Crippen molar-refractivity contribution < 1.29 is 0 Å². The first-order valence-corrected chi connectivity index (χ1v) is 8.62. The number of aliphatic imine (C=N–C) groups is 1. The van der Waals surface area contributed by atoms with E-state index in [1.807, 2.05) is 40.3 Å². The van der Waals surface area contributed by atoms with Gasteiger partial charge in [-0.2, -0.15) is 0 Å². The highest BCUT2D eigenvalue weighted by Gasteiger charge is 2.30. The third-order valence-corrected chi connectivity index (χ3v) is 4.70. The molecule has 0 radical (unpaired) electrons. The third-order valence-electron chi connectivity index (χ3n) is 4.46. The molecular formula is C18H29ClN4. The molecule has 0 saturated carbocycles. The first-order valence-electron chi connectivity index (χ1n) is 8.25. The number of guanidine groups is 1. The van der Waals surface area contributed by atoms with Crippen molar-refractivity contribution in [1.82, 2.24) is 14.7 Å². The molecule has 23 heavy (non-hydrogen) atoms. The van der Waals surface area contributed by atoms with Crippen molar-refractivity contribution in [3.05, 3.63) is 34.9 Å². The Kier molecular flexibility index (Phi) is 6.31. The van der Waals surface area contributed by atoms with Crippen LogP contribution in [-0.4, -0.2) is 69.0 Å². The van der Waals surface area contributed by atoms with Crippen molar-refractivity contribution >= 4 is 17.6 Å². The molecule has 1 saturated heterocycles. The summed E-state index contributed by atoms with van der Waals surface area (Å²) in [5, 5.41) is 0.811. The van der Waals surface area contributed by atoms with Crippen molar-refractivity contribution in [1.29, 1.82) is 0 Å². The first-order chi connectivity index (χ1) is 10.9. The number of rotatable bonds is 3. The summed E-state index contributed by atoms with van der Waals surface area (Å²) in [6, 6.07) is 8.66. The van der Waals surface area contributed by atoms with E-state index in [0.717, 1.165) is 24.1 Å². The molecule has 4 nitrogen and oxygen atoms in total.